The molecular weight excluding hydrogens is 289 g/mol. The molecule has 0 fully saturated rings. The first kappa shape index (κ1) is 15.9. The topological polar surface area (TPSA) is 47.6 Å². The van der Waals surface area contributed by atoms with Crippen molar-refractivity contribution in [2.75, 3.05) is 13.2 Å². The largest absolute Gasteiger partial charge is 0.490 e. The highest BCUT2D eigenvalue weighted by Gasteiger charge is 2.15. The SMILES string of the molecule is CC(C)(C)OC(=O)NCCOc1ccc(Cl)cc1Cl. The molecule has 1 amide bonds. The van der Waals surface area contributed by atoms with Gasteiger partial charge < -0.3 is 14.8 Å². The molecule has 0 aliphatic rings. The Labute approximate surface area is 123 Å². The normalized spacial score (nSPS) is 11.0. The number of hydrogen-bond acceptors (Lipinski definition) is 3. The van der Waals surface area contributed by atoms with Gasteiger partial charge in [0.25, 0.3) is 0 Å². The third-order valence-electron chi connectivity index (χ3n) is 1.92. The van der Waals surface area contributed by atoms with Crippen molar-refractivity contribution < 1.29 is 14.3 Å². The van der Waals surface area contributed by atoms with E-state index in [4.69, 9.17) is 32.7 Å². The zero-order valence-corrected chi connectivity index (χ0v) is 12.6. The first-order valence-corrected chi connectivity index (χ1v) is 6.58. The van der Waals surface area contributed by atoms with E-state index in [0.717, 1.165) is 0 Å². The van der Waals surface area contributed by atoms with Gasteiger partial charge in [-0.2, -0.15) is 0 Å². The quantitative estimate of drug-likeness (QED) is 0.858. The lowest BCUT2D eigenvalue weighted by molar-refractivity contribution is 0.0520. The molecule has 0 spiro atoms. The number of alkyl carbamates (subject to hydrolysis) is 1. The Morgan fingerprint density at radius 2 is 2.00 bits per heavy atom. The minimum Gasteiger partial charge on any atom is -0.490 e. The van der Waals surface area contributed by atoms with Crippen molar-refractivity contribution >= 4 is 29.3 Å². The summed E-state index contributed by atoms with van der Waals surface area (Å²) in [4.78, 5) is 11.3. The molecule has 0 atom stereocenters. The molecular formula is C13H17Cl2NO3. The lowest BCUT2D eigenvalue weighted by atomic mass is 10.2. The van der Waals surface area contributed by atoms with Crippen LogP contribution in [0.1, 0.15) is 20.8 Å². The minimum absolute atomic E-state index is 0.292. The van der Waals surface area contributed by atoms with Crippen LogP contribution in [0.25, 0.3) is 0 Å². The molecule has 106 valence electrons. The summed E-state index contributed by atoms with van der Waals surface area (Å²) in [5.41, 5.74) is -0.509. The van der Waals surface area contributed by atoms with Crippen LogP contribution in [-0.2, 0) is 4.74 Å². The van der Waals surface area contributed by atoms with E-state index in [-0.39, 0.29) is 0 Å². The fourth-order valence-electron chi connectivity index (χ4n) is 1.22. The molecule has 0 aliphatic carbocycles. The summed E-state index contributed by atoms with van der Waals surface area (Å²) in [5, 5.41) is 3.57. The molecule has 0 bridgehead atoms. The van der Waals surface area contributed by atoms with Crippen molar-refractivity contribution in [3.63, 3.8) is 0 Å². The summed E-state index contributed by atoms with van der Waals surface area (Å²) < 4.78 is 10.5. The summed E-state index contributed by atoms with van der Waals surface area (Å²) >= 11 is 11.7. The number of ether oxygens (including phenoxy) is 2. The van der Waals surface area contributed by atoms with Gasteiger partial charge in [0.1, 0.15) is 18.0 Å². The summed E-state index contributed by atoms with van der Waals surface area (Å²) in [6, 6.07) is 4.96. The van der Waals surface area contributed by atoms with Gasteiger partial charge in [0.2, 0.25) is 0 Å². The molecule has 1 N–H and O–H groups in total. The van der Waals surface area contributed by atoms with Crippen molar-refractivity contribution in [1.29, 1.82) is 0 Å². The number of benzene rings is 1. The van der Waals surface area contributed by atoms with Crippen molar-refractivity contribution in [3.05, 3.63) is 28.2 Å². The van der Waals surface area contributed by atoms with Crippen LogP contribution in [0.3, 0.4) is 0 Å². The van der Waals surface area contributed by atoms with Gasteiger partial charge in [-0.15, -0.1) is 0 Å². The molecule has 1 rings (SSSR count). The van der Waals surface area contributed by atoms with E-state index in [2.05, 4.69) is 5.32 Å². The van der Waals surface area contributed by atoms with Gasteiger partial charge in [-0.1, -0.05) is 23.2 Å². The van der Waals surface area contributed by atoms with E-state index in [1.807, 2.05) is 0 Å². The fraction of sp³-hybridized carbons (Fsp3) is 0.462. The van der Waals surface area contributed by atoms with Crippen LogP contribution in [0.4, 0.5) is 4.79 Å². The average molecular weight is 306 g/mol. The maximum absolute atomic E-state index is 11.3. The minimum atomic E-state index is -0.509. The molecule has 4 nitrogen and oxygen atoms in total. The number of amides is 1. The molecule has 6 heteroatoms. The molecule has 19 heavy (non-hydrogen) atoms. The Hall–Kier alpha value is -1.13. The zero-order chi connectivity index (χ0) is 14.5. The van der Waals surface area contributed by atoms with E-state index in [0.29, 0.717) is 28.9 Å². The third-order valence-corrected chi connectivity index (χ3v) is 2.45. The van der Waals surface area contributed by atoms with E-state index in [1.165, 1.54) is 0 Å². The number of hydrogen-bond donors (Lipinski definition) is 1. The van der Waals surface area contributed by atoms with Gasteiger partial charge in [0, 0.05) is 5.02 Å². The molecule has 1 aromatic rings. The second-order valence-electron chi connectivity index (χ2n) is 4.85. The second kappa shape index (κ2) is 6.87. The molecule has 0 aliphatic heterocycles. The van der Waals surface area contributed by atoms with E-state index in [1.54, 1.807) is 39.0 Å². The summed E-state index contributed by atoms with van der Waals surface area (Å²) in [5.74, 6) is 0.525. The molecule has 0 saturated carbocycles. The Kier molecular flexibility index (Phi) is 5.76. The molecule has 1 aromatic carbocycles. The maximum Gasteiger partial charge on any atom is 0.407 e. The molecule has 0 aromatic heterocycles. The monoisotopic (exact) mass is 305 g/mol. The van der Waals surface area contributed by atoms with Gasteiger partial charge in [-0.3, -0.25) is 0 Å². The van der Waals surface area contributed by atoms with Crippen molar-refractivity contribution in [2.45, 2.75) is 26.4 Å². The maximum atomic E-state index is 11.3. The number of rotatable bonds is 4. The van der Waals surface area contributed by atoms with Gasteiger partial charge in [0.05, 0.1) is 11.6 Å². The van der Waals surface area contributed by atoms with Crippen LogP contribution in [0, 0.1) is 0 Å². The zero-order valence-electron chi connectivity index (χ0n) is 11.1. The van der Waals surface area contributed by atoms with Crippen molar-refractivity contribution in [1.82, 2.24) is 5.32 Å². The average Bonchev–Trinajstić information content (AvgIpc) is 2.24. The van der Waals surface area contributed by atoms with Crippen LogP contribution in [0.2, 0.25) is 10.0 Å². The molecule has 0 unspecified atom stereocenters. The van der Waals surface area contributed by atoms with E-state index in [9.17, 15) is 4.79 Å². The highest BCUT2D eigenvalue weighted by molar-refractivity contribution is 6.35. The Morgan fingerprint density at radius 1 is 1.32 bits per heavy atom. The number of nitrogens with one attached hydrogen (secondary N) is 1. The highest BCUT2D eigenvalue weighted by atomic mass is 35.5. The fourth-order valence-corrected chi connectivity index (χ4v) is 1.68. The highest BCUT2D eigenvalue weighted by Crippen LogP contribution is 2.27. The van der Waals surface area contributed by atoms with Gasteiger partial charge in [0.15, 0.2) is 0 Å². The third kappa shape index (κ3) is 6.55. The number of carbonyl (C=O) groups excluding carboxylic acids is 1. The van der Waals surface area contributed by atoms with Crippen molar-refractivity contribution in [3.8, 4) is 5.75 Å². The first-order chi connectivity index (χ1) is 8.78. The van der Waals surface area contributed by atoms with E-state index >= 15 is 0 Å². The Morgan fingerprint density at radius 3 is 2.58 bits per heavy atom. The van der Waals surface area contributed by atoms with Gasteiger partial charge >= 0.3 is 6.09 Å². The molecule has 0 saturated heterocycles. The van der Waals surface area contributed by atoms with Crippen molar-refractivity contribution in [2.24, 2.45) is 0 Å². The van der Waals surface area contributed by atoms with E-state index < -0.39 is 11.7 Å². The molecule has 0 radical (unpaired) electrons. The van der Waals surface area contributed by atoms with Crippen LogP contribution in [-0.4, -0.2) is 24.8 Å². The summed E-state index contributed by atoms with van der Waals surface area (Å²) in [7, 11) is 0. The predicted octanol–water partition coefficient (Wildman–Crippen LogP) is 3.90. The van der Waals surface area contributed by atoms with Crippen LogP contribution in [0.5, 0.6) is 5.75 Å². The Bertz CT molecular complexity index is 444. The number of halogens is 2. The summed E-state index contributed by atoms with van der Waals surface area (Å²) in [6.45, 7) is 6.03. The number of carbonyl (C=O) groups is 1. The van der Waals surface area contributed by atoms with Crippen LogP contribution >= 0.6 is 23.2 Å². The van der Waals surface area contributed by atoms with Crippen LogP contribution in [0.15, 0.2) is 18.2 Å². The lowest BCUT2D eigenvalue weighted by Crippen LogP contribution is -2.34. The first-order valence-electron chi connectivity index (χ1n) is 5.82. The molecule has 0 heterocycles. The summed E-state index contributed by atoms with van der Waals surface area (Å²) in [6.07, 6.45) is -0.474. The van der Waals surface area contributed by atoms with Gasteiger partial charge in [-0.05, 0) is 39.0 Å². The second-order valence-corrected chi connectivity index (χ2v) is 5.70. The lowest BCUT2D eigenvalue weighted by Gasteiger charge is -2.19. The van der Waals surface area contributed by atoms with Crippen LogP contribution < -0.4 is 10.1 Å². The smallest absolute Gasteiger partial charge is 0.407 e. The van der Waals surface area contributed by atoms with Gasteiger partial charge in [-0.25, -0.2) is 4.79 Å². The predicted molar refractivity (Wildman–Crippen MR) is 76.2 cm³/mol. The Balaban J connectivity index is 2.29. The standard InChI is InChI=1S/C13H17Cl2NO3/c1-13(2,3)19-12(17)16-6-7-18-11-5-4-9(14)8-10(11)15/h4-5,8H,6-7H2,1-3H3,(H,16,17).